The van der Waals surface area contributed by atoms with Crippen LogP contribution in [0.25, 0.3) is 0 Å². The second-order valence-corrected chi connectivity index (χ2v) is 5.90. The monoisotopic (exact) mass is 281 g/mol. The second kappa shape index (κ2) is 7.07. The van der Waals surface area contributed by atoms with Crippen molar-refractivity contribution in [3.8, 4) is 0 Å². The molecule has 1 atom stereocenters. The molecule has 1 aliphatic heterocycles. The van der Waals surface area contributed by atoms with Gasteiger partial charge in [-0.05, 0) is 46.0 Å². The zero-order valence-electron chi connectivity index (χ0n) is 12.7. The number of piperidine rings is 1. The maximum Gasteiger partial charge on any atom is 0.239 e. The van der Waals surface area contributed by atoms with Crippen molar-refractivity contribution in [3.63, 3.8) is 0 Å². The molecule has 1 aliphatic carbocycles. The summed E-state index contributed by atoms with van der Waals surface area (Å²) >= 11 is 0. The Kier molecular flexibility index (Phi) is 5.40. The molecule has 0 aromatic heterocycles. The standard InChI is InChI=1S/C15H27N3O2/c1-3-18(13-7-8-13)14(19)11-16-12(2)15(20)17-9-5-4-6-10-17/h12-13,16H,3-11H2,1-2H3. The molecule has 0 radical (unpaired) electrons. The predicted octanol–water partition coefficient (Wildman–Crippen LogP) is 0.988. The third-order valence-electron chi connectivity index (χ3n) is 4.25. The van der Waals surface area contributed by atoms with Crippen molar-refractivity contribution in [3.05, 3.63) is 0 Å². The molecule has 20 heavy (non-hydrogen) atoms. The number of carbonyl (C=O) groups excluding carboxylic acids is 2. The molecule has 1 saturated heterocycles. The molecule has 1 N–H and O–H groups in total. The van der Waals surface area contributed by atoms with E-state index in [2.05, 4.69) is 5.32 Å². The topological polar surface area (TPSA) is 52.7 Å². The Bertz CT molecular complexity index is 349. The summed E-state index contributed by atoms with van der Waals surface area (Å²) in [6, 6.07) is 0.178. The van der Waals surface area contributed by atoms with Crippen LogP contribution in [0.2, 0.25) is 0 Å². The Morgan fingerprint density at radius 2 is 1.90 bits per heavy atom. The summed E-state index contributed by atoms with van der Waals surface area (Å²) in [4.78, 5) is 28.2. The molecule has 1 heterocycles. The average molecular weight is 281 g/mol. The van der Waals surface area contributed by atoms with Gasteiger partial charge in [0.15, 0.2) is 0 Å². The van der Waals surface area contributed by atoms with Gasteiger partial charge < -0.3 is 9.80 Å². The lowest BCUT2D eigenvalue weighted by Gasteiger charge is -2.30. The number of amides is 2. The molecule has 114 valence electrons. The van der Waals surface area contributed by atoms with E-state index in [0.29, 0.717) is 6.04 Å². The largest absolute Gasteiger partial charge is 0.341 e. The number of nitrogens with one attached hydrogen (secondary N) is 1. The molecule has 2 fully saturated rings. The fourth-order valence-corrected chi connectivity index (χ4v) is 2.84. The van der Waals surface area contributed by atoms with Gasteiger partial charge in [-0.15, -0.1) is 0 Å². The molecule has 0 spiro atoms. The van der Waals surface area contributed by atoms with Gasteiger partial charge in [0, 0.05) is 25.7 Å². The normalized spacial score (nSPS) is 20.6. The summed E-state index contributed by atoms with van der Waals surface area (Å²) in [5.74, 6) is 0.250. The van der Waals surface area contributed by atoms with Gasteiger partial charge in [-0.2, -0.15) is 0 Å². The van der Waals surface area contributed by atoms with E-state index in [9.17, 15) is 9.59 Å². The highest BCUT2D eigenvalue weighted by molar-refractivity contribution is 5.83. The van der Waals surface area contributed by atoms with Gasteiger partial charge >= 0.3 is 0 Å². The Hall–Kier alpha value is -1.10. The van der Waals surface area contributed by atoms with Crippen LogP contribution in [-0.2, 0) is 9.59 Å². The van der Waals surface area contributed by atoms with Gasteiger partial charge in [0.05, 0.1) is 12.6 Å². The van der Waals surface area contributed by atoms with Gasteiger partial charge in [-0.3, -0.25) is 14.9 Å². The number of hydrogen-bond donors (Lipinski definition) is 1. The maximum atomic E-state index is 12.2. The van der Waals surface area contributed by atoms with Crippen molar-refractivity contribution in [1.29, 1.82) is 0 Å². The zero-order chi connectivity index (χ0) is 14.5. The van der Waals surface area contributed by atoms with E-state index >= 15 is 0 Å². The Morgan fingerprint density at radius 3 is 2.45 bits per heavy atom. The Labute approximate surface area is 121 Å². The molecule has 0 aromatic carbocycles. The van der Waals surface area contributed by atoms with Crippen LogP contribution in [-0.4, -0.2) is 59.9 Å². The molecular weight excluding hydrogens is 254 g/mol. The molecule has 0 bridgehead atoms. The molecule has 5 heteroatoms. The first-order valence-electron chi connectivity index (χ1n) is 7.95. The van der Waals surface area contributed by atoms with Crippen LogP contribution >= 0.6 is 0 Å². The van der Waals surface area contributed by atoms with Crippen molar-refractivity contribution < 1.29 is 9.59 Å². The molecule has 5 nitrogen and oxygen atoms in total. The summed E-state index contributed by atoms with van der Waals surface area (Å²) in [6.07, 6.45) is 5.67. The first-order chi connectivity index (χ1) is 9.63. The van der Waals surface area contributed by atoms with Gasteiger partial charge in [-0.25, -0.2) is 0 Å². The van der Waals surface area contributed by atoms with Crippen LogP contribution in [0.15, 0.2) is 0 Å². The molecule has 0 aromatic rings. The highest BCUT2D eigenvalue weighted by Gasteiger charge is 2.31. The third kappa shape index (κ3) is 3.95. The number of hydrogen-bond acceptors (Lipinski definition) is 3. The molecule has 2 aliphatic rings. The molecular formula is C15H27N3O2. The van der Waals surface area contributed by atoms with Crippen molar-refractivity contribution in [2.75, 3.05) is 26.2 Å². The number of likely N-dealkylation sites (tertiary alicyclic amines) is 1. The van der Waals surface area contributed by atoms with Crippen LogP contribution in [0, 0.1) is 0 Å². The van der Waals surface area contributed by atoms with E-state index in [-0.39, 0.29) is 24.4 Å². The molecule has 2 amide bonds. The Morgan fingerprint density at radius 1 is 1.25 bits per heavy atom. The average Bonchev–Trinajstić information content (AvgIpc) is 3.30. The van der Waals surface area contributed by atoms with Gasteiger partial charge in [-0.1, -0.05) is 0 Å². The fourth-order valence-electron chi connectivity index (χ4n) is 2.84. The van der Waals surface area contributed by atoms with Gasteiger partial charge in [0.25, 0.3) is 0 Å². The minimum Gasteiger partial charge on any atom is -0.341 e. The summed E-state index contributed by atoms with van der Waals surface area (Å²) in [5.41, 5.74) is 0. The van der Waals surface area contributed by atoms with Crippen molar-refractivity contribution in [1.82, 2.24) is 15.1 Å². The summed E-state index contributed by atoms with van der Waals surface area (Å²) in [5, 5.41) is 3.09. The Balaban J connectivity index is 1.74. The lowest BCUT2D eigenvalue weighted by atomic mass is 10.1. The van der Waals surface area contributed by atoms with Crippen molar-refractivity contribution in [2.45, 2.75) is 58.0 Å². The highest BCUT2D eigenvalue weighted by atomic mass is 16.2. The minimum absolute atomic E-state index is 0.119. The zero-order valence-corrected chi connectivity index (χ0v) is 12.7. The number of rotatable bonds is 6. The number of likely N-dealkylation sites (N-methyl/N-ethyl adjacent to an activating group) is 1. The first kappa shape index (κ1) is 15.3. The van der Waals surface area contributed by atoms with E-state index in [1.807, 2.05) is 23.6 Å². The highest BCUT2D eigenvalue weighted by Crippen LogP contribution is 2.26. The van der Waals surface area contributed by atoms with E-state index in [0.717, 1.165) is 45.3 Å². The molecule has 1 unspecified atom stereocenters. The van der Waals surface area contributed by atoms with Crippen LogP contribution in [0.3, 0.4) is 0 Å². The first-order valence-corrected chi connectivity index (χ1v) is 7.95. The predicted molar refractivity (Wildman–Crippen MR) is 78.3 cm³/mol. The third-order valence-corrected chi connectivity index (χ3v) is 4.25. The molecule has 1 saturated carbocycles. The van der Waals surface area contributed by atoms with Crippen molar-refractivity contribution in [2.24, 2.45) is 0 Å². The number of nitrogens with zero attached hydrogens (tertiary/aromatic N) is 2. The lowest BCUT2D eigenvalue weighted by molar-refractivity contribution is -0.134. The maximum absolute atomic E-state index is 12.2. The quantitative estimate of drug-likeness (QED) is 0.790. The molecule has 2 rings (SSSR count). The van der Waals surface area contributed by atoms with E-state index in [4.69, 9.17) is 0 Å². The van der Waals surface area contributed by atoms with E-state index in [1.165, 1.54) is 6.42 Å². The fraction of sp³-hybridized carbons (Fsp3) is 0.867. The minimum atomic E-state index is -0.269. The van der Waals surface area contributed by atoms with Crippen LogP contribution in [0.5, 0.6) is 0 Å². The van der Waals surface area contributed by atoms with Gasteiger partial charge in [0.1, 0.15) is 0 Å². The van der Waals surface area contributed by atoms with Crippen molar-refractivity contribution >= 4 is 11.8 Å². The van der Waals surface area contributed by atoms with Crippen LogP contribution < -0.4 is 5.32 Å². The summed E-state index contributed by atoms with van der Waals surface area (Å²) in [6.45, 7) is 6.63. The SMILES string of the molecule is CCN(C(=O)CNC(C)C(=O)N1CCCCC1)C1CC1. The van der Waals surface area contributed by atoms with Crippen LogP contribution in [0.1, 0.15) is 46.0 Å². The van der Waals surface area contributed by atoms with E-state index < -0.39 is 0 Å². The lowest BCUT2D eigenvalue weighted by Crippen LogP contribution is -2.49. The smallest absolute Gasteiger partial charge is 0.239 e. The van der Waals surface area contributed by atoms with E-state index in [1.54, 1.807) is 0 Å². The summed E-state index contributed by atoms with van der Waals surface area (Å²) < 4.78 is 0. The van der Waals surface area contributed by atoms with Gasteiger partial charge in [0.2, 0.25) is 11.8 Å². The number of carbonyl (C=O) groups is 2. The second-order valence-electron chi connectivity index (χ2n) is 5.90. The van der Waals surface area contributed by atoms with Crippen LogP contribution in [0.4, 0.5) is 0 Å². The summed E-state index contributed by atoms with van der Waals surface area (Å²) in [7, 11) is 0.